The van der Waals surface area contributed by atoms with Crippen LogP contribution in [0.5, 0.6) is 0 Å². The van der Waals surface area contributed by atoms with Gasteiger partial charge in [-0.3, -0.25) is 4.79 Å². The largest absolute Gasteiger partial charge is 0.352 e. The summed E-state index contributed by atoms with van der Waals surface area (Å²) in [7, 11) is 0. The van der Waals surface area contributed by atoms with E-state index in [-0.39, 0.29) is 5.91 Å². The maximum absolute atomic E-state index is 11.8. The van der Waals surface area contributed by atoms with Crippen molar-refractivity contribution in [2.45, 2.75) is 13.3 Å². The highest BCUT2D eigenvalue weighted by Gasteiger charge is 2.06. The summed E-state index contributed by atoms with van der Waals surface area (Å²) in [5, 5.41) is 2.88. The van der Waals surface area contributed by atoms with Gasteiger partial charge in [-0.2, -0.15) is 0 Å². The molecule has 0 bridgehead atoms. The van der Waals surface area contributed by atoms with Gasteiger partial charge in [0.15, 0.2) is 0 Å². The van der Waals surface area contributed by atoms with Gasteiger partial charge in [-0.15, -0.1) is 11.3 Å². The molecule has 1 heterocycles. The number of carbonyl (C=O) groups is 1. The van der Waals surface area contributed by atoms with E-state index in [4.69, 9.17) is 0 Å². The van der Waals surface area contributed by atoms with Crippen LogP contribution < -0.4 is 5.32 Å². The summed E-state index contributed by atoms with van der Waals surface area (Å²) < 4.78 is 1.05. The van der Waals surface area contributed by atoms with Gasteiger partial charge in [0.1, 0.15) is 0 Å². The number of hydrogen-bond donors (Lipinski definition) is 1. The molecule has 17 heavy (non-hydrogen) atoms. The van der Waals surface area contributed by atoms with Gasteiger partial charge in [0, 0.05) is 12.1 Å². The molecule has 0 atom stereocenters. The fourth-order valence-electron chi connectivity index (χ4n) is 1.53. The van der Waals surface area contributed by atoms with Crippen molar-refractivity contribution >= 4 is 27.5 Å². The van der Waals surface area contributed by atoms with Crippen LogP contribution in [-0.2, 0) is 0 Å². The summed E-state index contributed by atoms with van der Waals surface area (Å²) in [4.78, 5) is 16.0. The Labute approximate surface area is 104 Å². The highest BCUT2D eigenvalue weighted by molar-refractivity contribution is 7.16. The van der Waals surface area contributed by atoms with Crippen LogP contribution in [0.3, 0.4) is 0 Å². The lowest BCUT2D eigenvalue weighted by Crippen LogP contribution is -2.23. The Balaban J connectivity index is 2.03. The smallest absolute Gasteiger partial charge is 0.251 e. The highest BCUT2D eigenvalue weighted by Crippen LogP contribution is 2.18. The standard InChI is InChI=1S/C13H14N2OS/c1-2-3-4-7-14-13(16)10-5-6-11-12(8-10)17-9-15-11/h2-3,5-6,8-9H,4,7H2,1H3,(H,14,16)/b3-2+. The zero-order valence-corrected chi connectivity index (χ0v) is 10.5. The molecule has 0 saturated heterocycles. The Morgan fingerprint density at radius 3 is 3.24 bits per heavy atom. The number of benzene rings is 1. The van der Waals surface area contributed by atoms with Gasteiger partial charge in [0.25, 0.3) is 5.91 Å². The number of hydrogen-bond acceptors (Lipinski definition) is 3. The van der Waals surface area contributed by atoms with Crippen molar-refractivity contribution in [1.29, 1.82) is 0 Å². The molecule has 2 rings (SSSR count). The molecular formula is C13H14N2OS. The van der Waals surface area contributed by atoms with Gasteiger partial charge >= 0.3 is 0 Å². The number of thiazole rings is 1. The highest BCUT2D eigenvalue weighted by atomic mass is 32.1. The molecule has 1 amide bonds. The number of nitrogens with zero attached hydrogens (tertiary/aromatic N) is 1. The van der Waals surface area contributed by atoms with Crippen LogP contribution in [0.4, 0.5) is 0 Å². The number of carbonyl (C=O) groups excluding carboxylic acids is 1. The van der Waals surface area contributed by atoms with Gasteiger partial charge < -0.3 is 5.32 Å². The van der Waals surface area contributed by atoms with Crippen molar-refractivity contribution in [3.05, 3.63) is 41.4 Å². The molecule has 0 aliphatic heterocycles. The molecule has 1 aromatic heterocycles. The summed E-state index contributed by atoms with van der Waals surface area (Å²) >= 11 is 1.55. The summed E-state index contributed by atoms with van der Waals surface area (Å²) in [6.07, 6.45) is 4.88. The average Bonchev–Trinajstić information content (AvgIpc) is 2.81. The van der Waals surface area contributed by atoms with Gasteiger partial charge in [0.2, 0.25) is 0 Å². The van der Waals surface area contributed by atoms with Crippen molar-refractivity contribution in [2.24, 2.45) is 0 Å². The van der Waals surface area contributed by atoms with Crippen molar-refractivity contribution < 1.29 is 4.79 Å². The normalized spacial score (nSPS) is 11.1. The fourth-order valence-corrected chi connectivity index (χ4v) is 2.25. The Kier molecular flexibility index (Phi) is 3.88. The van der Waals surface area contributed by atoms with Crippen molar-refractivity contribution in [2.75, 3.05) is 6.54 Å². The third kappa shape index (κ3) is 2.91. The van der Waals surface area contributed by atoms with Crippen molar-refractivity contribution in [3.63, 3.8) is 0 Å². The summed E-state index contributed by atoms with van der Waals surface area (Å²) in [6.45, 7) is 2.64. The summed E-state index contributed by atoms with van der Waals surface area (Å²) in [5.41, 5.74) is 3.43. The average molecular weight is 246 g/mol. The molecule has 0 spiro atoms. The minimum atomic E-state index is -0.0233. The molecule has 3 nitrogen and oxygen atoms in total. The van der Waals surface area contributed by atoms with Gasteiger partial charge in [-0.1, -0.05) is 12.2 Å². The molecule has 0 saturated carbocycles. The number of aromatic nitrogens is 1. The number of amides is 1. The zero-order chi connectivity index (χ0) is 12.1. The summed E-state index contributed by atoms with van der Waals surface area (Å²) in [5.74, 6) is -0.0233. The SMILES string of the molecule is C/C=C/CCNC(=O)c1ccc2ncsc2c1. The molecule has 0 fully saturated rings. The van der Waals surface area contributed by atoms with Gasteiger partial charge in [0.05, 0.1) is 15.7 Å². The zero-order valence-electron chi connectivity index (χ0n) is 9.64. The lowest BCUT2D eigenvalue weighted by molar-refractivity contribution is 0.0954. The number of allylic oxidation sites excluding steroid dienone is 1. The lowest BCUT2D eigenvalue weighted by Gasteiger charge is -2.03. The second-order valence-corrected chi connectivity index (χ2v) is 4.53. The van der Waals surface area contributed by atoms with Crippen LogP contribution in [0.2, 0.25) is 0 Å². The Hall–Kier alpha value is -1.68. The topological polar surface area (TPSA) is 42.0 Å². The second kappa shape index (κ2) is 5.59. The Morgan fingerprint density at radius 1 is 1.53 bits per heavy atom. The first-order valence-corrected chi connectivity index (χ1v) is 6.42. The molecule has 1 N–H and O–H groups in total. The monoisotopic (exact) mass is 246 g/mol. The second-order valence-electron chi connectivity index (χ2n) is 3.65. The van der Waals surface area contributed by atoms with Crippen molar-refractivity contribution in [3.8, 4) is 0 Å². The predicted octanol–water partition coefficient (Wildman–Crippen LogP) is 2.99. The van der Waals surface area contributed by atoms with E-state index < -0.39 is 0 Å². The van der Waals surface area contributed by atoms with E-state index in [2.05, 4.69) is 10.3 Å². The molecule has 2 aromatic rings. The van der Waals surface area contributed by atoms with E-state index in [0.29, 0.717) is 12.1 Å². The Morgan fingerprint density at radius 2 is 2.41 bits per heavy atom. The minimum absolute atomic E-state index is 0.0233. The number of nitrogens with one attached hydrogen (secondary N) is 1. The Bertz CT molecular complexity index is 545. The first-order valence-electron chi connectivity index (χ1n) is 5.54. The van der Waals surface area contributed by atoms with Crippen LogP contribution in [0.25, 0.3) is 10.2 Å². The van der Waals surface area contributed by atoms with E-state index in [1.54, 1.807) is 16.8 Å². The molecule has 0 aliphatic carbocycles. The van der Waals surface area contributed by atoms with Crippen LogP contribution in [0.15, 0.2) is 35.9 Å². The van der Waals surface area contributed by atoms with E-state index in [1.807, 2.05) is 37.3 Å². The van der Waals surface area contributed by atoms with Gasteiger partial charge in [-0.25, -0.2) is 4.98 Å². The fraction of sp³-hybridized carbons (Fsp3) is 0.231. The molecule has 0 aliphatic rings. The van der Waals surface area contributed by atoms with Crippen LogP contribution in [0.1, 0.15) is 23.7 Å². The molecular weight excluding hydrogens is 232 g/mol. The maximum Gasteiger partial charge on any atom is 0.251 e. The van der Waals surface area contributed by atoms with E-state index in [0.717, 1.165) is 16.6 Å². The maximum atomic E-state index is 11.8. The third-order valence-corrected chi connectivity index (χ3v) is 3.22. The molecule has 0 radical (unpaired) electrons. The van der Waals surface area contributed by atoms with Crippen molar-refractivity contribution in [1.82, 2.24) is 10.3 Å². The summed E-state index contributed by atoms with van der Waals surface area (Å²) in [6, 6.07) is 5.58. The molecule has 0 unspecified atom stereocenters. The van der Waals surface area contributed by atoms with E-state index >= 15 is 0 Å². The van der Waals surface area contributed by atoms with Crippen LogP contribution in [0, 0.1) is 0 Å². The minimum Gasteiger partial charge on any atom is -0.352 e. The van der Waals surface area contributed by atoms with Crippen LogP contribution >= 0.6 is 11.3 Å². The molecule has 1 aromatic carbocycles. The predicted molar refractivity (Wildman–Crippen MR) is 71.4 cm³/mol. The quantitative estimate of drug-likeness (QED) is 0.665. The lowest BCUT2D eigenvalue weighted by atomic mass is 10.2. The number of rotatable bonds is 4. The van der Waals surface area contributed by atoms with E-state index in [1.165, 1.54) is 0 Å². The molecule has 4 heteroatoms. The number of fused-ring (bicyclic) bond motifs is 1. The third-order valence-electron chi connectivity index (χ3n) is 2.43. The first-order chi connectivity index (χ1) is 8.31. The van der Waals surface area contributed by atoms with E-state index in [9.17, 15) is 4.79 Å². The first kappa shape index (κ1) is 11.8. The van der Waals surface area contributed by atoms with Crippen LogP contribution in [-0.4, -0.2) is 17.4 Å². The van der Waals surface area contributed by atoms with Gasteiger partial charge in [-0.05, 0) is 31.5 Å². The molecule has 88 valence electrons.